The highest BCUT2D eigenvalue weighted by atomic mass is 19.4. The van der Waals surface area contributed by atoms with Crippen molar-refractivity contribution in [2.24, 2.45) is 0 Å². The largest absolute Gasteiger partial charge is 0.419 e. The maximum atomic E-state index is 12.3. The van der Waals surface area contributed by atoms with Crippen LogP contribution in [-0.4, -0.2) is 24.7 Å². The molecule has 0 N–H and O–H groups in total. The normalized spacial score (nSPS) is 11.5. The summed E-state index contributed by atoms with van der Waals surface area (Å²) in [4.78, 5) is 16.7. The molecule has 10 heteroatoms. The van der Waals surface area contributed by atoms with Gasteiger partial charge in [-0.15, -0.1) is 0 Å². The number of alkyl halides is 3. The third-order valence-corrected chi connectivity index (χ3v) is 1.93. The Morgan fingerprint density at radius 3 is 2.67 bits per heavy atom. The molecule has 0 unspecified atom stereocenters. The summed E-state index contributed by atoms with van der Waals surface area (Å²) in [6, 6.07) is 1.03. The monoisotopic (exact) mass is 259 g/mol. The molecule has 7 nitrogen and oxygen atoms in total. The lowest BCUT2D eigenvalue weighted by molar-refractivity contribution is -0.389. The van der Waals surface area contributed by atoms with Crippen LogP contribution in [0.25, 0.3) is 5.95 Å². The van der Waals surface area contributed by atoms with Crippen LogP contribution in [-0.2, 0) is 6.18 Å². The highest BCUT2D eigenvalue weighted by molar-refractivity contribution is 5.23. The summed E-state index contributed by atoms with van der Waals surface area (Å²) >= 11 is 0. The molecule has 2 heterocycles. The molecule has 0 amide bonds. The van der Waals surface area contributed by atoms with Crippen LogP contribution < -0.4 is 0 Å². The SMILES string of the molecule is O=[N+]([O-])c1ccnc(-n2cc(C(F)(F)F)cn2)n1. The molecule has 18 heavy (non-hydrogen) atoms. The lowest BCUT2D eigenvalue weighted by Gasteiger charge is -2.00. The molecule has 0 saturated heterocycles. The van der Waals surface area contributed by atoms with Gasteiger partial charge in [-0.25, -0.2) is 0 Å². The summed E-state index contributed by atoms with van der Waals surface area (Å²) in [6.07, 6.45) is -2.24. The van der Waals surface area contributed by atoms with Crippen LogP contribution in [0.2, 0.25) is 0 Å². The molecule has 0 aliphatic carbocycles. The number of hydrogen-bond acceptors (Lipinski definition) is 5. The van der Waals surface area contributed by atoms with Crippen LogP contribution in [0.4, 0.5) is 19.0 Å². The first-order valence-corrected chi connectivity index (χ1v) is 4.47. The Labute approximate surface area is 97.0 Å². The van der Waals surface area contributed by atoms with Gasteiger partial charge in [-0.05, 0) is 4.92 Å². The Balaban J connectivity index is 2.40. The maximum absolute atomic E-state index is 12.3. The summed E-state index contributed by atoms with van der Waals surface area (Å²) in [6.45, 7) is 0. The van der Waals surface area contributed by atoms with E-state index in [0.717, 1.165) is 16.9 Å². The van der Waals surface area contributed by atoms with E-state index < -0.39 is 22.5 Å². The van der Waals surface area contributed by atoms with Crippen LogP contribution in [0.1, 0.15) is 5.56 Å². The second-order valence-corrected chi connectivity index (χ2v) is 3.14. The molecule has 2 rings (SSSR count). The van der Waals surface area contributed by atoms with Gasteiger partial charge < -0.3 is 10.1 Å². The third-order valence-electron chi connectivity index (χ3n) is 1.93. The number of aromatic nitrogens is 4. The second-order valence-electron chi connectivity index (χ2n) is 3.14. The van der Waals surface area contributed by atoms with E-state index in [1.165, 1.54) is 0 Å². The highest BCUT2D eigenvalue weighted by Gasteiger charge is 2.32. The van der Waals surface area contributed by atoms with E-state index in [9.17, 15) is 23.3 Å². The predicted octanol–water partition coefficient (Wildman–Crippen LogP) is 1.59. The molecule has 0 aromatic carbocycles. The molecule has 0 aliphatic heterocycles. The van der Waals surface area contributed by atoms with Gasteiger partial charge in [0.1, 0.15) is 0 Å². The molecule has 2 aromatic heterocycles. The standard InChI is InChI=1S/C8H4F3N5O2/c9-8(10,11)5-3-13-15(4-5)7-12-2-1-6(14-7)16(17)18/h1-4H. The zero-order chi connectivity index (χ0) is 13.3. The molecule has 0 saturated carbocycles. The van der Waals surface area contributed by atoms with Crippen molar-refractivity contribution in [2.75, 3.05) is 0 Å². The van der Waals surface area contributed by atoms with Gasteiger partial charge >= 0.3 is 17.9 Å². The third kappa shape index (κ3) is 2.26. The van der Waals surface area contributed by atoms with E-state index in [1.54, 1.807) is 0 Å². The summed E-state index contributed by atoms with van der Waals surface area (Å²) in [5.41, 5.74) is -0.988. The van der Waals surface area contributed by atoms with Gasteiger partial charge in [0.15, 0.2) is 0 Å². The minimum absolute atomic E-state index is 0.306. The Morgan fingerprint density at radius 1 is 1.39 bits per heavy atom. The molecule has 0 radical (unpaired) electrons. The Kier molecular flexibility index (Phi) is 2.69. The van der Waals surface area contributed by atoms with E-state index in [4.69, 9.17) is 0 Å². The smallest absolute Gasteiger partial charge is 0.358 e. The maximum Gasteiger partial charge on any atom is 0.419 e. The zero-order valence-electron chi connectivity index (χ0n) is 8.50. The zero-order valence-corrected chi connectivity index (χ0v) is 8.50. The van der Waals surface area contributed by atoms with Gasteiger partial charge in [0, 0.05) is 17.4 Å². The lowest BCUT2D eigenvalue weighted by atomic mass is 10.4. The van der Waals surface area contributed by atoms with E-state index >= 15 is 0 Å². The van der Waals surface area contributed by atoms with Crippen LogP contribution in [0.5, 0.6) is 0 Å². The fourth-order valence-electron chi connectivity index (χ4n) is 1.13. The van der Waals surface area contributed by atoms with E-state index in [2.05, 4.69) is 15.1 Å². The molecule has 0 aliphatic rings. The summed E-state index contributed by atoms with van der Waals surface area (Å²) in [7, 11) is 0. The van der Waals surface area contributed by atoms with Crippen molar-refractivity contribution in [3.63, 3.8) is 0 Å². The van der Waals surface area contributed by atoms with E-state index in [-0.39, 0.29) is 5.95 Å². The molecule has 2 aromatic rings. The Bertz CT molecular complexity index is 594. The number of nitrogens with zero attached hydrogens (tertiary/aromatic N) is 5. The average molecular weight is 259 g/mol. The Morgan fingerprint density at radius 2 is 2.11 bits per heavy atom. The van der Waals surface area contributed by atoms with Crippen LogP contribution in [0.3, 0.4) is 0 Å². The van der Waals surface area contributed by atoms with Crippen molar-refractivity contribution in [1.29, 1.82) is 0 Å². The fourth-order valence-corrected chi connectivity index (χ4v) is 1.13. The van der Waals surface area contributed by atoms with Gasteiger partial charge in [0.2, 0.25) is 0 Å². The van der Waals surface area contributed by atoms with Crippen LogP contribution in [0, 0.1) is 10.1 Å². The molecule has 94 valence electrons. The molecule has 0 spiro atoms. The van der Waals surface area contributed by atoms with Gasteiger partial charge in [0.25, 0.3) is 0 Å². The Hall–Kier alpha value is -2.52. The minimum Gasteiger partial charge on any atom is -0.358 e. The highest BCUT2D eigenvalue weighted by Crippen LogP contribution is 2.28. The fraction of sp³-hybridized carbons (Fsp3) is 0.125. The van der Waals surface area contributed by atoms with E-state index in [0.29, 0.717) is 12.4 Å². The van der Waals surface area contributed by atoms with Crippen molar-refractivity contribution in [2.45, 2.75) is 6.18 Å². The molecular weight excluding hydrogens is 255 g/mol. The molecule has 0 bridgehead atoms. The average Bonchev–Trinajstić information content (AvgIpc) is 2.78. The second kappa shape index (κ2) is 4.05. The quantitative estimate of drug-likeness (QED) is 0.603. The van der Waals surface area contributed by atoms with Gasteiger partial charge in [-0.1, -0.05) is 0 Å². The van der Waals surface area contributed by atoms with Crippen molar-refractivity contribution in [3.8, 4) is 5.95 Å². The summed E-state index contributed by atoms with van der Waals surface area (Å²) in [5, 5.41) is 13.9. The molecule has 0 fully saturated rings. The van der Waals surface area contributed by atoms with Crippen molar-refractivity contribution < 1.29 is 18.1 Å². The lowest BCUT2D eigenvalue weighted by Crippen LogP contribution is -2.05. The first-order valence-electron chi connectivity index (χ1n) is 4.47. The topological polar surface area (TPSA) is 86.7 Å². The molecular formula is C8H4F3N5O2. The van der Waals surface area contributed by atoms with Crippen LogP contribution >= 0.6 is 0 Å². The summed E-state index contributed by atoms with van der Waals surface area (Å²) < 4.78 is 37.7. The van der Waals surface area contributed by atoms with Crippen LogP contribution in [0.15, 0.2) is 24.7 Å². The number of rotatable bonds is 2. The van der Waals surface area contributed by atoms with Crippen molar-refractivity contribution in [3.05, 3.63) is 40.3 Å². The summed E-state index contributed by atoms with van der Waals surface area (Å²) in [5.74, 6) is -0.830. The van der Waals surface area contributed by atoms with Gasteiger partial charge in [-0.3, -0.25) is 0 Å². The minimum atomic E-state index is -4.54. The van der Waals surface area contributed by atoms with Gasteiger partial charge in [0.05, 0.1) is 17.8 Å². The van der Waals surface area contributed by atoms with Crippen molar-refractivity contribution in [1.82, 2.24) is 19.7 Å². The van der Waals surface area contributed by atoms with Crippen molar-refractivity contribution >= 4 is 5.82 Å². The number of halogens is 3. The van der Waals surface area contributed by atoms with E-state index in [1.807, 2.05) is 0 Å². The first kappa shape index (κ1) is 12.0. The number of nitro groups is 1. The molecule has 0 atom stereocenters. The predicted molar refractivity (Wildman–Crippen MR) is 50.8 cm³/mol. The first-order chi connectivity index (χ1) is 8.38. The number of hydrogen-bond donors (Lipinski definition) is 0. The van der Waals surface area contributed by atoms with Gasteiger partial charge in [-0.2, -0.15) is 27.9 Å².